The molecule has 6 rings (SSSR count). The third-order valence-corrected chi connectivity index (χ3v) is 8.95. The Morgan fingerprint density at radius 3 is 1.60 bits per heavy atom. The topological polar surface area (TPSA) is 86.7 Å². The minimum Gasteiger partial charge on any atom is -0.480 e. The van der Waals surface area contributed by atoms with Crippen molar-refractivity contribution in [2.75, 3.05) is 10.2 Å². The van der Waals surface area contributed by atoms with Crippen molar-refractivity contribution in [2.45, 2.75) is 24.4 Å². The van der Waals surface area contributed by atoms with Crippen molar-refractivity contribution >= 4 is 34.8 Å². The van der Waals surface area contributed by atoms with E-state index in [2.05, 4.69) is 5.32 Å². The normalized spacial score (nSPS) is 12.4. The average Bonchev–Trinajstić information content (AvgIpc) is 3.16. The highest BCUT2D eigenvalue weighted by atomic mass is 19.4. The van der Waals surface area contributed by atoms with Crippen LogP contribution in [0.4, 0.5) is 30.2 Å². The Balaban J connectivity index is 1.28. The van der Waals surface area contributed by atoms with Gasteiger partial charge in [0.25, 0.3) is 5.91 Å². The van der Waals surface area contributed by atoms with Crippen LogP contribution in [-0.2, 0) is 21.2 Å². The number of anilines is 3. The monoisotopic (exact) mass is 698 g/mol. The van der Waals surface area contributed by atoms with Crippen LogP contribution >= 0.6 is 0 Å². The number of carboxylic acids is 1. The number of benzene rings is 6. The second kappa shape index (κ2) is 15.2. The van der Waals surface area contributed by atoms with Crippen LogP contribution in [0.2, 0.25) is 0 Å². The van der Waals surface area contributed by atoms with Crippen LogP contribution in [0.15, 0.2) is 164 Å². The number of halogens is 3. The SMILES string of the molecule is O=C(Nc1ccc(C(CCC(=O)N(c2ccccc2)c2ccccc2)(C(=O)O)c2ccccc2)cc1)c1ccccc1-c1ccc(C(F)(F)F)cc1. The van der Waals surface area contributed by atoms with Crippen molar-refractivity contribution in [1.29, 1.82) is 0 Å². The third-order valence-electron chi connectivity index (χ3n) is 8.95. The number of para-hydroxylation sites is 2. The van der Waals surface area contributed by atoms with E-state index in [4.69, 9.17) is 0 Å². The lowest BCUT2D eigenvalue weighted by Crippen LogP contribution is -2.39. The van der Waals surface area contributed by atoms with Gasteiger partial charge >= 0.3 is 12.1 Å². The van der Waals surface area contributed by atoms with Crippen LogP contribution < -0.4 is 10.2 Å². The Hall–Kier alpha value is -6.48. The number of alkyl halides is 3. The van der Waals surface area contributed by atoms with Crippen LogP contribution in [0.3, 0.4) is 0 Å². The van der Waals surface area contributed by atoms with E-state index in [0.29, 0.717) is 39.3 Å². The summed E-state index contributed by atoms with van der Waals surface area (Å²) in [4.78, 5) is 42.5. The predicted octanol–water partition coefficient (Wildman–Crippen LogP) is 10.1. The van der Waals surface area contributed by atoms with Gasteiger partial charge in [0, 0.05) is 29.0 Å². The molecule has 6 aromatic rings. The Bertz CT molecular complexity index is 2120. The molecule has 52 heavy (non-hydrogen) atoms. The van der Waals surface area contributed by atoms with Crippen molar-refractivity contribution in [2.24, 2.45) is 0 Å². The van der Waals surface area contributed by atoms with E-state index in [1.165, 1.54) is 12.1 Å². The molecule has 9 heteroatoms. The molecule has 0 aromatic heterocycles. The van der Waals surface area contributed by atoms with Gasteiger partial charge in [0.05, 0.1) is 5.56 Å². The van der Waals surface area contributed by atoms with Crippen molar-refractivity contribution in [3.8, 4) is 11.1 Å². The van der Waals surface area contributed by atoms with Gasteiger partial charge in [-0.05, 0) is 83.3 Å². The van der Waals surface area contributed by atoms with E-state index in [9.17, 15) is 32.7 Å². The van der Waals surface area contributed by atoms with Gasteiger partial charge in [-0.1, -0.05) is 109 Å². The summed E-state index contributed by atoms with van der Waals surface area (Å²) < 4.78 is 39.4. The maximum absolute atomic E-state index is 14.0. The highest BCUT2D eigenvalue weighted by Crippen LogP contribution is 2.39. The number of nitrogens with one attached hydrogen (secondary N) is 1. The molecule has 6 aromatic carbocycles. The quantitative estimate of drug-likeness (QED) is 0.141. The van der Waals surface area contributed by atoms with Gasteiger partial charge in [0.2, 0.25) is 5.91 Å². The zero-order valence-corrected chi connectivity index (χ0v) is 27.8. The molecule has 2 amide bonds. The van der Waals surface area contributed by atoms with Crippen molar-refractivity contribution in [3.63, 3.8) is 0 Å². The van der Waals surface area contributed by atoms with Crippen LogP contribution in [0, 0.1) is 0 Å². The first-order valence-corrected chi connectivity index (χ1v) is 16.5. The molecule has 0 radical (unpaired) electrons. The number of carbonyl (C=O) groups excluding carboxylic acids is 2. The number of hydrogen-bond donors (Lipinski definition) is 2. The molecule has 0 bridgehead atoms. The molecule has 0 fully saturated rings. The fourth-order valence-corrected chi connectivity index (χ4v) is 6.34. The molecule has 1 unspecified atom stereocenters. The zero-order valence-electron chi connectivity index (χ0n) is 27.8. The average molecular weight is 699 g/mol. The van der Waals surface area contributed by atoms with E-state index in [1.54, 1.807) is 83.8 Å². The second-order valence-corrected chi connectivity index (χ2v) is 12.1. The standard InChI is InChI=1S/C43H33F3N2O4/c44-43(45,46)33-22-20-30(21-23-33)37-18-10-11-19-38(37)40(50)47-34-26-24-32(25-27-34)42(41(51)52,31-12-4-1-5-13-31)29-28-39(49)48(35-14-6-2-7-15-35)36-16-8-3-9-17-36/h1-27H,28-29H2,(H,47,50)(H,51,52). The molecule has 0 aliphatic rings. The molecule has 0 spiro atoms. The molecule has 0 aliphatic carbocycles. The molecule has 0 saturated carbocycles. The fourth-order valence-electron chi connectivity index (χ4n) is 6.34. The summed E-state index contributed by atoms with van der Waals surface area (Å²) in [7, 11) is 0. The van der Waals surface area contributed by atoms with Crippen LogP contribution in [0.1, 0.15) is 39.9 Å². The lowest BCUT2D eigenvalue weighted by Gasteiger charge is -2.32. The van der Waals surface area contributed by atoms with E-state index < -0.39 is 29.0 Å². The first-order chi connectivity index (χ1) is 25.1. The van der Waals surface area contributed by atoms with Crippen molar-refractivity contribution < 1.29 is 32.7 Å². The first-order valence-electron chi connectivity index (χ1n) is 16.5. The number of carboxylic acid groups (broad SMARTS) is 1. The number of rotatable bonds is 11. The van der Waals surface area contributed by atoms with E-state index in [0.717, 1.165) is 12.1 Å². The van der Waals surface area contributed by atoms with E-state index in [1.807, 2.05) is 60.7 Å². The van der Waals surface area contributed by atoms with Gasteiger partial charge in [-0.2, -0.15) is 13.2 Å². The molecule has 2 N–H and O–H groups in total. The predicted molar refractivity (Wildman–Crippen MR) is 195 cm³/mol. The summed E-state index contributed by atoms with van der Waals surface area (Å²) in [5.74, 6) is -1.92. The highest BCUT2D eigenvalue weighted by molar-refractivity contribution is 6.08. The molecule has 0 heterocycles. The molecule has 0 saturated heterocycles. The number of amides is 2. The minimum atomic E-state index is -4.49. The molecule has 260 valence electrons. The minimum absolute atomic E-state index is 0.0619. The molecule has 1 atom stereocenters. The maximum atomic E-state index is 14.0. The number of aliphatic carboxylic acids is 1. The highest BCUT2D eigenvalue weighted by Gasteiger charge is 2.43. The summed E-state index contributed by atoms with van der Waals surface area (Å²) in [5, 5.41) is 13.7. The van der Waals surface area contributed by atoms with E-state index in [-0.39, 0.29) is 24.3 Å². The molecular weight excluding hydrogens is 665 g/mol. The molecule has 0 aliphatic heterocycles. The van der Waals surface area contributed by atoms with Gasteiger partial charge in [0.15, 0.2) is 0 Å². The maximum Gasteiger partial charge on any atom is 0.416 e. The van der Waals surface area contributed by atoms with Gasteiger partial charge < -0.3 is 10.4 Å². The largest absolute Gasteiger partial charge is 0.480 e. The lowest BCUT2D eigenvalue weighted by atomic mass is 9.71. The Labute approximate surface area is 298 Å². The third kappa shape index (κ3) is 7.49. The molecular formula is C43H33F3N2O4. The zero-order chi connectivity index (χ0) is 36.7. The summed E-state index contributed by atoms with van der Waals surface area (Å²) >= 11 is 0. The van der Waals surface area contributed by atoms with Gasteiger partial charge in [-0.15, -0.1) is 0 Å². The molecule has 6 nitrogen and oxygen atoms in total. The summed E-state index contributed by atoms with van der Waals surface area (Å²) in [6.45, 7) is 0. The fraction of sp³-hybridized carbons (Fsp3) is 0.0930. The van der Waals surface area contributed by atoms with Crippen molar-refractivity contribution in [1.82, 2.24) is 0 Å². The van der Waals surface area contributed by atoms with Crippen LogP contribution in [-0.4, -0.2) is 22.9 Å². The summed E-state index contributed by atoms with van der Waals surface area (Å²) in [6.07, 6.45) is -4.65. The van der Waals surface area contributed by atoms with Crippen LogP contribution in [0.25, 0.3) is 11.1 Å². The smallest absolute Gasteiger partial charge is 0.416 e. The number of nitrogens with zero attached hydrogens (tertiary/aromatic N) is 1. The number of carbonyl (C=O) groups is 3. The first kappa shape index (κ1) is 35.3. The summed E-state index contributed by atoms with van der Waals surface area (Å²) in [5.41, 5.74) is 1.30. The van der Waals surface area contributed by atoms with Gasteiger partial charge in [0.1, 0.15) is 5.41 Å². The van der Waals surface area contributed by atoms with Gasteiger partial charge in [-0.3, -0.25) is 19.3 Å². The second-order valence-electron chi connectivity index (χ2n) is 12.1. The summed E-state index contributed by atoms with van der Waals surface area (Å²) in [6, 6.07) is 44.6. The Morgan fingerprint density at radius 2 is 1.06 bits per heavy atom. The van der Waals surface area contributed by atoms with Crippen molar-refractivity contribution in [3.05, 3.63) is 186 Å². The Morgan fingerprint density at radius 1 is 0.577 bits per heavy atom. The number of hydrogen-bond acceptors (Lipinski definition) is 3. The van der Waals surface area contributed by atoms with E-state index >= 15 is 0 Å². The van der Waals surface area contributed by atoms with Crippen LogP contribution in [0.5, 0.6) is 0 Å². The van der Waals surface area contributed by atoms with Gasteiger partial charge in [-0.25, -0.2) is 0 Å². The Kier molecular flexibility index (Phi) is 10.3. The lowest BCUT2D eigenvalue weighted by molar-refractivity contribution is -0.142.